The fourth-order valence-electron chi connectivity index (χ4n) is 2.82. The molecule has 0 bridgehead atoms. The first-order valence-electron chi connectivity index (χ1n) is 9.24. The quantitative estimate of drug-likeness (QED) is 0.502. The second-order valence-electron chi connectivity index (χ2n) is 6.59. The minimum Gasteiger partial charge on any atom is -0.495 e. The van der Waals surface area contributed by atoms with Crippen molar-refractivity contribution in [1.29, 1.82) is 0 Å². The average Bonchev–Trinajstić information content (AvgIpc) is 2.77. The van der Waals surface area contributed by atoms with Crippen molar-refractivity contribution in [3.8, 4) is 5.75 Å². The van der Waals surface area contributed by atoms with Crippen LogP contribution < -0.4 is 14.8 Å². The number of hydrogen-bond donors (Lipinski definition) is 2. The molecule has 31 heavy (non-hydrogen) atoms. The lowest BCUT2D eigenvalue weighted by molar-refractivity contribution is 0.0950. The number of rotatable bonds is 8. The summed E-state index contributed by atoms with van der Waals surface area (Å²) in [5.41, 5.74) is 1.66. The zero-order chi connectivity index (χ0) is 22.4. The lowest BCUT2D eigenvalue weighted by atomic mass is 10.2. The minimum atomic E-state index is -3.93. The van der Waals surface area contributed by atoms with Crippen molar-refractivity contribution >= 4 is 39.1 Å². The molecule has 0 unspecified atom stereocenters. The van der Waals surface area contributed by atoms with Crippen LogP contribution in [0.25, 0.3) is 0 Å². The predicted molar refractivity (Wildman–Crippen MR) is 121 cm³/mol. The fraction of sp³-hybridized carbons (Fsp3) is 0.136. The Balaban J connectivity index is 1.78. The summed E-state index contributed by atoms with van der Waals surface area (Å²) in [5, 5.41) is 3.65. The number of benzene rings is 3. The van der Waals surface area contributed by atoms with Crippen LogP contribution in [-0.4, -0.2) is 21.4 Å². The molecule has 0 aromatic heterocycles. The molecule has 1 amide bonds. The number of amides is 1. The molecule has 3 aromatic rings. The summed E-state index contributed by atoms with van der Waals surface area (Å²) in [7, 11) is -2.56. The van der Waals surface area contributed by atoms with E-state index in [9.17, 15) is 13.2 Å². The van der Waals surface area contributed by atoms with Gasteiger partial charge in [-0.1, -0.05) is 59.6 Å². The highest BCUT2D eigenvalue weighted by Gasteiger charge is 2.21. The Bertz CT molecular complexity index is 1190. The summed E-state index contributed by atoms with van der Waals surface area (Å²) in [6, 6.07) is 18.3. The monoisotopic (exact) mass is 478 g/mol. The van der Waals surface area contributed by atoms with Gasteiger partial charge in [0.1, 0.15) is 10.6 Å². The van der Waals surface area contributed by atoms with Crippen LogP contribution in [0.4, 0.5) is 0 Å². The van der Waals surface area contributed by atoms with E-state index >= 15 is 0 Å². The topological polar surface area (TPSA) is 84.5 Å². The number of sulfonamides is 1. The van der Waals surface area contributed by atoms with Crippen molar-refractivity contribution in [2.24, 2.45) is 0 Å². The van der Waals surface area contributed by atoms with Gasteiger partial charge in [0.2, 0.25) is 10.0 Å². The maximum absolute atomic E-state index is 12.9. The Labute approximate surface area is 191 Å². The molecular weight excluding hydrogens is 459 g/mol. The maximum Gasteiger partial charge on any atom is 0.251 e. The fourth-order valence-corrected chi connectivity index (χ4v) is 4.51. The minimum absolute atomic E-state index is 0.109. The van der Waals surface area contributed by atoms with Crippen molar-refractivity contribution in [2.75, 3.05) is 7.11 Å². The Kier molecular flexibility index (Phi) is 7.56. The van der Waals surface area contributed by atoms with Crippen LogP contribution in [0.5, 0.6) is 5.75 Å². The largest absolute Gasteiger partial charge is 0.495 e. The molecule has 2 N–H and O–H groups in total. The third-order valence-corrected chi connectivity index (χ3v) is 6.49. The van der Waals surface area contributed by atoms with Crippen molar-refractivity contribution < 1.29 is 17.9 Å². The van der Waals surface area contributed by atoms with Crippen LogP contribution in [0, 0.1) is 0 Å². The van der Waals surface area contributed by atoms with Gasteiger partial charge in [0.15, 0.2) is 0 Å². The van der Waals surface area contributed by atoms with Crippen LogP contribution in [-0.2, 0) is 23.1 Å². The molecule has 0 atom stereocenters. The Hall–Kier alpha value is -2.58. The molecular formula is C22H20Cl2N2O4S. The lowest BCUT2D eigenvalue weighted by Crippen LogP contribution is -2.26. The van der Waals surface area contributed by atoms with Gasteiger partial charge in [-0.15, -0.1) is 0 Å². The first kappa shape index (κ1) is 23.1. The zero-order valence-electron chi connectivity index (χ0n) is 16.6. The van der Waals surface area contributed by atoms with Gasteiger partial charge < -0.3 is 10.1 Å². The smallest absolute Gasteiger partial charge is 0.251 e. The van der Waals surface area contributed by atoms with Gasteiger partial charge >= 0.3 is 0 Å². The van der Waals surface area contributed by atoms with Gasteiger partial charge in [-0.3, -0.25) is 4.79 Å². The molecule has 0 spiro atoms. The standard InChI is InChI=1S/C22H20Cl2N2O4S/c1-30-20-10-8-16(22(27)25-14-17-7-9-18(23)12-19(17)24)11-21(20)31(28,29)26-13-15-5-3-2-4-6-15/h2-12,26H,13-14H2,1H3,(H,25,27). The molecule has 162 valence electrons. The highest BCUT2D eigenvalue weighted by molar-refractivity contribution is 7.89. The summed E-state index contributed by atoms with van der Waals surface area (Å²) >= 11 is 12.0. The van der Waals surface area contributed by atoms with Gasteiger partial charge in [-0.05, 0) is 41.5 Å². The van der Waals surface area contributed by atoms with E-state index < -0.39 is 15.9 Å². The van der Waals surface area contributed by atoms with E-state index in [1.165, 1.54) is 25.3 Å². The molecule has 3 aromatic carbocycles. The first-order chi connectivity index (χ1) is 14.8. The van der Waals surface area contributed by atoms with Crippen molar-refractivity contribution in [3.63, 3.8) is 0 Å². The van der Waals surface area contributed by atoms with Crippen LogP contribution in [0.15, 0.2) is 71.6 Å². The zero-order valence-corrected chi connectivity index (χ0v) is 18.9. The van der Waals surface area contributed by atoms with Crippen LogP contribution in [0.2, 0.25) is 10.0 Å². The molecule has 0 saturated heterocycles. The van der Waals surface area contributed by atoms with E-state index in [1.54, 1.807) is 18.2 Å². The van der Waals surface area contributed by atoms with Gasteiger partial charge in [0.05, 0.1) is 7.11 Å². The SMILES string of the molecule is COc1ccc(C(=O)NCc2ccc(Cl)cc2Cl)cc1S(=O)(=O)NCc1ccccc1. The van der Waals surface area contributed by atoms with Gasteiger partial charge in [-0.2, -0.15) is 0 Å². The average molecular weight is 479 g/mol. The maximum atomic E-state index is 12.9. The molecule has 6 nitrogen and oxygen atoms in total. The Morgan fingerprint density at radius 3 is 2.39 bits per heavy atom. The molecule has 3 rings (SSSR count). The third-order valence-electron chi connectivity index (χ3n) is 4.48. The number of halogens is 2. The Morgan fingerprint density at radius 2 is 1.71 bits per heavy atom. The molecule has 0 aliphatic carbocycles. The van der Waals surface area contributed by atoms with Crippen molar-refractivity contribution in [2.45, 2.75) is 18.0 Å². The summed E-state index contributed by atoms with van der Waals surface area (Å²) in [6.45, 7) is 0.271. The lowest BCUT2D eigenvalue weighted by Gasteiger charge is -2.13. The number of carbonyl (C=O) groups is 1. The van der Waals surface area contributed by atoms with E-state index in [4.69, 9.17) is 27.9 Å². The summed E-state index contributed by atoms with van der Waals surface area (Å²) in [5.74, 6) is -0.314. The number of hydrogen-bond acceptors (Lipinski definition) is 4. The highest BCUT2D eigenvalue weighted by atomic mass is 35.5. The van der Waals surface area contributed by atoms with E-state index in [1.807, 2.05) is 30.3 Å². The highest BCUT2D eigenvalue weighted by Crippen LogP contribution is 2.25. The summed E-state index contributed by atoms with van der Waals surface area (Å²) in [4.78, 5) is 12.5. The molecule has 0 saturated carbocycles. The predicted octanol–water partition coefficient (Wildman–Crippen LogP) is 4.41. The second kappa shape index (κ2) is 10.2. The third kappa shape index (κ3) is 5.98. The second-order valence-corrected chi connectivity index (χ2v) is 9.17. The Morgan fingerprint density at radius 1 is 0.968 bits per heavy atom. The van der Waals surface area contributed by atoms with Crippen LogP contribution in [0.3, 0.4) is 0 Å². The number of nitrogens with one attached hydrogen (secondary N) is 2. The van der Waals surface area contributed by atoms with Gasteiger partial charge in [-0.25, -0.2) is 13.1 Å². The van der Waals surface area contributed by atoms with Crippen molar-refractivity contribution in [3.05, 3.63) is 93.5 Å². The number of carbonyl (C=O) groups excluding carboxylic acids is 1. The van der Waals surface area contributed by atoms with Crippen molar-refractivity contribution in [1.82, 2.24) is 10.0 Å². The molecule has 0 heterocycles. The van der Waals surface area contributed by atoms with E-state index in [-0.39, 0.29) is 29.3 Å². The normalized spacial score (nSPS) is 11.2. The van der Waals surface area contributed by atoms with E-state index in [0.29, 0.717) is 15.6 Å². The van der Waals surface area contributed by atoms with Gasteiger partial charge in [0, 0.05) is 28.7 Å². The molecule has 0 aliphatic heterocycles. The first-order valence-corrected chi connectivity index (χ1v) is 11.5. The molecule has 0 aliphatic rings. The van der Waals surface area contributed by atoms with Crippen LogP contribution >= 0.6 is 23.2 Å². The number of ether oxygens (including phenoxy) is 1. The van der Waals surface area contributed by atoms with Crippen LogP contribution in [0.1, 0.15) is 21.5 Å². The van der Waals surface area contributed by atoms with E-state index in [2.05, 4.69) is 10.0 Å². The molecule has 9 heteroatoms. The molecule has 0 fully saturated rings. The van der Waals surface area contributed by atoms with Gasteiger partial charge in [0.25, 0.3) is 5.91 Å². The number of methoxy groups -OCH3 is 1. The summed E-state index contributed by atoms with van der Waals surface area (Å²) in [6.07, 6.45) is 0. The summed E-state index contributed by atoms with van der Waals surface area (Å²) < 4.78 is 33.5. The molecule has 0 radical (unpaired) electrons. The van der Waals surface area contributed by atoms with E-state index in [0.717, 1.165) is 5.56 Å².